The molecule has 0 aliphatic rings. The molecule has 0 unspecified atom stereocenters. The van der Waals surface area contributed by atoms with E-state index in [0.29, 0.717) is 30.2 Å². The normalized spacial score (nSPS) is 10.5. The number of carbonyl (C=O) groups is 2. The van der Waals surface area contributed by atoms with Gasteiger partial charge in [-0.2, -0.15) is 0 Å². The molecule has 0 aliphatic carbocycles. The Labute approximate surface area is 121 Å². The lowest BCUT2D eigenvalue weighted by Crippen LogP contribution is -2.11. The van der Waals surface area contributed by atoms with Crippen molar-refractivity contribution < 1.29 is 14.3 Å². The monoisotopic (exact) mass is 291 g/mol. The smallest absolute Gasteiger partial charge is 0.241 e. The maximum atomic E-state index is 11.7. The number of rotatable bonds is 6. The first-order valence-corrected chi connectivity index (χ1v) is 6.48. The van der Waals surface area contributed by atoms with Crippen LogP contribution in [-0.4, -0.2) is 30.4 Å². The highest BCUT2D eigenvalue weighted by Crippen LogP contribution is 2.29. The van der Waals surface area contributed by atoms with Crippen LogP contribution in [-0.2, 0) is 16.1 Å². The molecule has 4 nitrogen and oxygen atoms in total. The summed E-state index contributed by atoms with van der Waals surface area (Å²) >= 11 is 6.15. The molecular weight excluding hydrogens is 278 g/mol. The molecule has 2 aromatic rings. The summed E-state index contributed by atoms with van der Waals surface area (Å²) in [5.41, 5.74) is 1.97. The quantitative estimate of drug-likeness (QED) is 0.467. The zero-order valence-corrected chi connectivity index (χ0v) is 11.8. The molecule has 0 N–H and O–H groups in total. The van der Waals surface area contributed by atoms with Crippen molar-refractivity contribution in [2.24, 2.45) is 0 Å². The van der Waals surface area contributed by atoms with Gasteiger partial charge in [0.2, 0.25) is 5.78 Å². The van der Waals surface area contributed by atoms with E-state index in [1.165, 1.54) is 0 Å². The Morgan fingerprint density at radius 3 is 2.80 bits per heavy atom. The van der Waals surface area contributed by atoms with Crippen molar-refractivity contribution in [2.45, 2.75) is 6.54 Å². The number of aldehydes is 1. The van der Waals surface area contributed by atoms with E-state index in [0.717, 1.165) is 11.1 Å². The van der Waals surface area contributed by atoms with Crippen LogP contribution in [0.3, 0.4) is 0 Å². The van der Waals surface area contributed by atoms with Crippen molar-refractivity contribution in [3.05, 3.63) is 47.2 Å². The number of hydrogen-bond acceptors (Lipinski definition) is 3. The lowest BCUT2D eigenvalue weighted by molar-refractivity contribution is -0.104. The van der Waals surface area contributed by atoms with E-state index in [-0.39, 0.29) is 0 Å². The molecule has 1 aromatic heterocycles. The Morgan fingerprint density at radius 1 is 1.40 bits per heavy atom. The number of methoxy groups -OCH3 is 1. The standard InChI is InChI=1S/C15H14ClNO3/c1-20-7-6-17-9-11(8-14(17)15(19)10-18)12-4-2-3-5-13(12)16/h2-5,8-10H,6-7H2,1H3. The number of benzene rings is 1. The first kappa shape index (κ1) is 14.5. The Morgan fingerprint density at radius 2 is 2.15 bits per heavy atom. The average Bonchev–Trinajstić information content (AvgIpc) is 2.88. The fourth-order valence-corrected chi connectivity index (χ4v) is 2.24. The van der Waals surface area contributed by atoms with Crippen molar-refractivity contribution in [1.29, 1.82) is 0 Å². The summed E-state index contributed by atoms with van der Waals surface area (Å²) in [5, 5.41) is 0.599. The van der Waals surface area contributed by atoms with Gasteiger partial charge >= 0.3 is 0 Å². The molecule has 1 aromatic carbocycles. The van der Waals surface area contributed by atoms with Gasteiger partial charge in [-0.05, 0) is 12.1 Å². The van der Waals surface area contributed by atoms with Gasteiger partial charge in [-0.25, -0.2) is 0 Å². The predicted octanol–water partition coefficient (Wildman–Crippen LogP) is 2.84. The second kappa shape index (κ2) is 6.50. The second-order valence-corrected chi connectivity index (χ2v) is 4.67. The van der Waals surface area contributed by atoms with E-state index in [1.54, 1.807) is 30.0 Å². The Balaban J connectivity index is 2.45. The number of aromatic nitrogens is 1. The second-order valence-electron chi connectivity index (χ2n) is 4.26. The summed E-state index contributed by atoms with van der Waals surface area (Å²) in [6, 6.07) is 9.03. The third kappa shape index (κ3) is 2.98. The number of hydrogen-bond donors (Lipinski definition) is 0. The van der Waals surface area contributed by atoms with Crippen LogP contribution in [0.25, 0.3) is 11.1 Å². The number of nitrogens with zero attached hydrogens (tertiary/aromatic N) is 1. The Kier molecular flexibility index (Phi) is 4.71. The number of ether oxygens (including phenoxy) is 1. The molecule has 0 bridgehead atoms. The van der Waals surface area contributed by atoms with E-state index >= 15 is 0 Å². The third-order valence-electron chi connectivity index (χ3n) is 2.98. The number of ketones is 1. The number of carbonyl (C=O) groups excluding carboxylic acids is 2. The van der Waals surface area contributed by atoms with Gasteiger partial charge in [0.25, 0.3) is 0 Å². The molecule has 5 heteroatoms. The highest BCUT2D eigenvalue weighted by Gasteiger charge is 2.15. The molecule has 0 fully saturated rings. The van der Waals surface area contributed by atoms with Gasteiger partial charge in [-0.15, -0.1) is 0 Å². The average molecular weight is 292 g/mol. The minimum absolute atomic E-state index is 0.315. The summed E-state index contributed by atoms with van der Waals surface area (Å²) < 4.78 is 6.71. The molecule has 20 heavy (non-hydrogen) atoms. The van der Waals surface area contributed by atoms with E-state index in [1.807, 2.05) is 18.2 Å². The van der Waals surface area contributed by atoms with Crippen molar-refractivity contribution in [3.8, 4) is 11.1 Å². The third-order valence-corrected chi connectivity index (χ3v) is 3.31. The number of halogens is 1. The van der Waals surface area contributed by atoms with Gasteiger partial charge in [0.1, 0.15) is 0 Å². The molecular formula is C15H14ClNO3. The molecule has 104 valence electrons. The van der Waals surface area contributed by atoms with Crippen LogP contribution < -0.4 is 0 Å². The van der Waals surface area contributed by atoms with Gasteiger partial charge in [0, 0.05) is 36.0 Å². The Hall–Kier alpha value is -1.91. The zero-order valence-electron chi connectivity index (χ0n) is 11.0. The Bertz CT molecular complexity index is 634. The van der Waals surface area contributed by atoms with Gasteiger partial charge < -0.3 is 9.30 Å². The van der Waals surface area contributed by atoms with Crippen molar-refractivity contribution in [2.75, 3.05) is 13.7 Å². The van der Waals surface area contributed by atoms with Gasteiger partial charge in [-0.1, -0.05) is 29.8 Å². The highest BCUT2D eigenvalue weighted by atomic mass is 35.5. The highest BCUT2D eigenvalue weighted by molar-refractivity contribution is 6.34. The lowest BCUT2D eigenvalue weighted by Gasteiger charge is -2.04. The summed E-state index contributed by atoms with van der Waals surface area (Å²) in [7, 11) is 1.58. The molecule has 0 saturated heterocycles. The molecule has 0 saturated carbocycles. The van der Waals surface area contributed by atoms with E-state index in [9.17, 15) is 9.59 Å². The van der Waals surface area contributed by atoms with Crippen LogP contribution in [0.1, 0.15) is 10.5 Å². The van der Waals surface area contributed by atoms with Crippen LogP contribution in [0.5, 0.6) is 0 Å². The van der Waals surface area contributed by atoms with Crippen LogP contribution in [0.2, 0.25) is 5.02 Å². The van der Waals surface area contributed by atoms with Crippen LogP contribution in [0.15, 0.2) is 36.5 Å². The van der Waals surface area contributed by atoms with Crippen LogP contribution >= 0.6 is 11.6 Å². The van der Waals surface area contributed by atoms with Crippen molar-refractivity contribution in [3.63, 3.8) is 0 Å². The summed E-state index contributed by atoms with van der Waals surface area (Å²) in [5.74, 6) is -0.556. The van der Waals surface area contributed by atoms with Gasteiger partial charge in [0.15, 0.2) is 6.29 Å². The summed E-state index contributed by atoms with van der Waals surface area (Å²) in [6.45, 7) is 0.950. The first-order valence-electron chi connectivity index (χ1n) is 6.11. The molecule has 1 heterocycles. The van der Waals surface area contributed by atoms with Gasteiger partial charge in [0.05, 0.1) is 12.3 Å². The summed E-state index contributed by atoms with van der Waals surface area (Å²) in [4.78, 5) is 22.4. The van der Waals surface area contributed by atoms with Crippen LogP contribution in [0, 0.1) is 0 Å². The predicted molar refractivity (Wildman–Crippen MR) is 77.1 cm³/mol. The van der Waals surface area contributed by atoms with Crippen molar-refractivity contribution >= 4 is 23.7 Å². The zero-order chi connectivity index (χ0) is 14.5. The first-order chi connectivity index (χ1) is 9.67. The fraction of sp³-hybridized carbons (Fsp3) is 0.200. The van der Waals surface area contributed by atoms with Crippen LogP contribution in [0.4, 0.5) is 0 Å². The lowest BCUT2D eigenvalue weighted by atomic mass is 10.1. The fourth-order valence-electron chi connectivity index (χ4n) is 2.00. The van der Waals surface area contributed by atoms with E-state index in [4.69, 9.17) is 16.3 Å². The molecule has 0 atom stereocenters. The molecule has 0 amide bonds. The minimum atomic E-state index is -0.556. The van der Waals surface area contributed by atoms with E-state index < -0.39 is 5.78 Å². The molecule has 0 radical (unpaired) electrons. The SMILES string of the molecule is COCCn1cc(-c2ccccc2Cl)cc1C(=O)C=O. The minimum Gasteiger partial charge on any atom is -0.383 e. The summed E-state index contributed by atoms with van der Waals surface area (Å²) in [6.07, 6.45) is 2.12. The number of Topliss-reactive ketones (excluding diaryl/α,β-unsaturated/α-hetero) is 1. The molecule has 0 aliphatic heterocycles. The maximum absolute atomic E-state index is 11.7. The molecule has 2 rings (SSSR count). The molecule has 0 spiro atoms. The van der Waals surface area contributed by atoms with Crippen molar-refractivity contribution in [1.82, 2.24) is 4.57 Å². The largest absolute Gasteiger partial charge is 0.383 e. The van der Waals surface area contributed by atoms with Gasteiger partial charge in [-0.3, -0.25) is 9.59 Å². The van der Waals surface area contributed by atoms with E-state index in [2.05, 4.69) is 0 Å². The maximum Gasteiger partial charge on any atom is 0.241 e. The topological polar surface area (TPSA) is 48.3 Å².